The van der Waals surface area contributed by atoms with Crippen LogP contribution in [0.1, 0.15) is 44.6 Å². The Morgan fingerprint density at radius 3 is 2.66 bits per heavy atom. The van der Waals surface area contributed by atoms with Crippen molar-refractivity contribution in [1.29, 1.82) is 0 Å². The number of rotatable bonds is 6. The lowest BCUT2D eigenvalue weighted by atomic mass is 10.0. The normalized spacial score (nSPS) is 14.5. The predicted octanol–water partition coefficient (Wildman–Crippen LogP) is 5.58. The molecule has 0 saturated heterocycles. The fraction of sp³-hybridized carbons (Fsp3) is 0.176. The summed E-state index contributed by atoms with van der Waals surface area (Å²) < 4.78 is 48.9. The van der Waals surface area contributed by atoms with Gasteiger partial charge in [0.05, 0.1) is 29.2 Å². The number of nitrogen functional groups attached to an aromatic ring is 1. The Morgan fingerprint density at radius 2 is 1.90 bits per heavy atom. The number of nitrogens with one attached hydrogen (secondary N) is 1. The van der Waals surface area contributed by atoms with Crippen LogP contribution in [-0.4, -0.2) is 46.8 Å². The zero-order valence-corrected chi connectivity index (χ0v) is 27.7. The Bertz CT molecular complexity index is 2350. The van der Waals surface area contributed by atoms with Crippen molar-refractivity contribution in [2.24, 2.45) is 0 Å². The minimum absolute atomic E-state index is 0.0223. The summed E-state index contributed by atoms with van der Waals surface area (Å²) in [4.78, 5) is 55.9. The number of amides is 2. The van der Waals surface area contributed by atoms with Gasteiger partial charge in [-0.2, -0.15) is 18.2 Å². The van der Waals surface area contributed by atoms with Crippen LogP contribution in [0.25, 0.3) is 28.0 Å². The molecule has 16 heteroatoms. The second-order valence-electron chi connectivity index (χ2n) is 11.6. The smallest absolute Gasteiger partial charge is 0.417 e. The van der Waals surface area contributed by atoms with Crippen LogP contribution in [0.5, 0.6) is 0 Å². The number of nitrogens with two attached hydrogens (primary N) is 1. The van der Waals surface area contributed by atoms with E-state index in [1.807, 2.05) is 24.3 Å². The molecular weight excluding hydrogens is 721 g/mol. The first-order chi connectivity index (χ1) is 23.9. The molecule has 1 aliphatic heterocycles. The van der Waals surface area contributed by atoms with Gasteiger partial charge in [-0.15, -0.1) is 0 Å². The van der Waals surface area contributed by atoms with Gasteiger partial charge in [-0.3, -0.25) is 18.7 Å². The molecule has 12 nitrogen and oxygen atoms in total. The van der Waals surface area contributed by atoms with E-state index in [9.17, 15) is 27.6 Å². The summed E-state index contributed by atoms with van der Waals surface area (Å²) in [6, 6.07) is 16.3. The molecule has 0 radical (unpaired) electrons. The van der Waals surface area contributed by atoms with Crippen LogP contribution in [0.2, 0.25) is 0 Å². The van der Waals surface area contributed by atoms with Crippen molar-refractivity contribution in [1.82, 2.24) is 34.3 Å². The van der Waals surface area contributed by atoms with E-state index in [0.29, 0.717) is 16.8 Å². The number of halogens is 4. The lowest BCUT2D eigenvalue weighted by molar-refractivity contribution is -0.138. The number of fused-ring (bicyclic) bond motifs is 2. The molecule has 0 aliphatic carbocycles. The third-order valence-corrected chi connectivity index (χ3v) is 9.19. The molecule has 0 bridgehead atoms. The number of carbonyl (C=O) groups is 2. The summed E-state index contributed by atoms with van der Waals surface area (Å²) in [7, 11) is 0. The van der Waals surface area contributed by atoms with Crippen LogP contribution in [0, 0.1) is 0 Å². The second-order valence-corrected chi connectivity index (χ2v) is 12.5. The molecule has 254 valence electrons. The highest BCUT2D eigenvalue weighted by molar-refractivity contribution is 9.10. The Morgan fingerprint density at radius 1 is 1.10 bits per heavy atom. The van der Waals surface area contributed by atoms with Gasteiger partial charge in [0.2, 0.25) is 0 Å². The molecule has 4 heterocycles. The fourth-order valence-electron chi connectivity index (χ4n) is 6.11. The van der Waals surface area contributed by atoms with Crippen molar-refractivity contribution >= 4 is 44.9 Å². The van der Waals surface area contributed by atoms with Crippen molar-refractivity contribution in [3.8, 4) is 16.9 Å². The van der Waals surface area contributed by atoms with Crippen molar-refractivity contribution in [3.63, 3.8) is 0 Å². The molecule has 0 unspecified atom stereocenters. The number of anilines is 1. The minimum atomic E-state index is -4.70. The van der Waals surface area contributed by atoms with Crippen LogP contribution in [-0.2, 0) is 25.8 Å². The summed E-state index contributed by atoms with van der Waals surface area (Å²) in [6.07, 6.45) is -1.68. The van der Waals surface area contributed by atoms with Crippen molar-refractivity contribution in [3.05, 3.63) is 122 Å². The first-order valence-corrected chi connectivity index (χ1v) is 16.0. The zero-order valence-electron chi connectivity index (χ0n) is 26.1. The molecule has 1 atom stereocenters. The van der Waals surface area contributed by atoms with Crippen LogP contribution in [0.15, 0.2) is 92.9 Å². The number of imidazole rings is 1. The monoisotopic (exact) mass is 746 g/mol. The third-order valence-electron chi connectivity index (χ3n) is 8.50. The number of hydrogen-bond acceptors (Lipinski definition) is 8. The van der Waals surface area contributed by atoms with Gasteiger partial charge in [-0.05, 0) is 55.0 Å². The van der Waals surface area contributed by atoms with Crippen molar-refractivity contribution in [2.75, 3.05) is 5.73 Å². The van der Waals surface area contributed by atoms with Gasteiger partial charge in [0.15, 0.2) is 5.58 Å². The largest absolute Gasteiger partial charge is 0.424 e. The van der Waals surface area contributed by atoms with E-state index in [2.05, 4.69) is 36.2 Å². The first-order valence-electron chi connectivity index (χ1n) is 15.2. The Labute approximate surface area is 289 Å². The van der Waals surface area contributed by atoms with E-state index in [0.717, 1.165) is 17.2 Å². The van der Waals surface area contributed by atoms with E-state index in [4.69, 9.17) is 10.2 Å². The van der Waals surface area contributed by atoms with Crippen LogP contribution < -0.4 is 16.7 Å². The van der Waals surface area contributed by atoms with Gasteiger partial charge in [0.1, 0.15) is 17.5 Å². The maximum absolute atomic E-state index is 14.2. The molecule has 50 heavy (non-hydrogen) atoms. The number of carbonyl (C=O) groups excluding carboxylic acids is 2. The van der Waals surface area contributed by atoms with E-state index in [-0.39, 0.29) is 52.8 Å². The first kappa shape index (κ1) is 32.8. The molecular formula is C34H26BrF3N8O4. The molecule has 3 N–H and O–H groups in total. The van der Waals surface area contributed by atoms with Crippen LogP contribution in [0.3, 0.4) is 0 Å². The summed E-state index contributed by atoms with van der Waals surface area (Å²) in [5, 5.41) is 2.91. The molecule has 6 aromatic rings. The van der Waals surface area contributed by atoms with Crippen LogP contribution >= 0.6 is 15.9 Å². The molecule has 0 spiro atoms. The molecule has 1 aliphatic rings. The molecule has 2 amide bonds. The lowest BCUT2D eigenvalue weighted by Gasteiger charge is -2.34. The van der Waals surface area contributed by atoms with E-state index in [1.165, 1.54) is 32.5 Å². The summed E-state index contributed by atoms with van der Waals surface area (Å²) in [5.74, 6) is -1.32. The lowest BCUT2D eigenvalue weighted by Crippen LogP contribution is -2.47. The Balaban J connectivity index is 1.30. The zero-order chi connectivity index (χ0) is 35.3. The van der Waals surface area contributed by atoms with Gasteiger partial charge in [-0.1, -0.05) is 40.2 Å². The minimum Gasteiger partial charge on any atom is -0.424 e. The topological polar surface area (TPSA) is 154 Å². The fourth-order valence-corrected chi connectivity index (χ4v) is 6.58. The van der Waals surface area contributed by atoms with E-state index < -0.39 is 35.3 Å². The van der Waals surface area contributed by atoms with Gasteiger partial charge in [-0.25, -0.2) is 14.8 Å². The number of aromatic nitrogens is 5. The molecule has 3 aromatic heterocycles. The highest BCUT2D eigenvalue weighted by atomic mass is 79.9. The maximum atomic E-state index is 14.2. The van der Waals surface area contributed by atoms with Gasteiger partial charge >= 0.3 is 11.9 Å². The molecule has 0 saturated carbocycles. The molecule has 3 aromatic carbocycles. The Kier molecular flexibility index (Phi) is 8.25. The quantitative estimate of drug-likeness (QED) is 0.224. The summed E-state index contributed by atoms with van der Waals surface area (Å²) >= 11 is 2.91. The second kappa shape index (κ2) is 12.6. The SMILES string of the molecule is C[C@H]1Cn2c(c(C(=O)NCc3ccccc3-c3ccncn3)n(-c3ccc4oc(N)nc4c3)c2=O)CN1C(=O)c1ccc(Br)c(C(F)(F)F)c1. The summed E-state index contributed by atoms with van der Waals surface area (Å²) in [6.45, 7) is 1.47. The highest BCUT2D eigenvalue weighted by Crippen LogP contribution is 2.36. The number of alkyl halides is 3. The maximum Gasteiger partial charge on any atom is 0.417 e. The van der Waals surface area contributed by atoms with E-state index in [1.54, 1.807) is 37.4 Å². The van der Waals surface area contributed by atoms with Crippen molar-refractivity contribution < 1.29 is 27.2 Å². The van der Waals surface area contributed by atoms with Crippen molar-refractivity contribution in [2.45, 2.75) is 38.8 Å². The highest BCUT2D eigenvalue weighted by Gasteiger charge is 2.37. The number of benzene rings is 3. The number of nitrogens with zero attached hydrogens (tertiary/aromatic N) is 6. The predicted molar refractivity (Wildman–Crippen MR) is 179 cm³/mol. The van der Waals surface area contributed by atoms with Crippen LogP contribution in [0.4, 0.5) is 19.2 Å². The van der Waals surface area contributed by atoms with Gasteiger partial charge in [0, 0.05) is 40.9 Å². The van der Waals surface area contributed by atoms with Gasteiger partial charge < -0.3 is 20.4 Å². The average molecular weight is 748 g/mol. The summed E-state index contributed by atoms with van der Waals surface area (Å²) in [5.41, 5.74) is 7.30. The number of oxazole rings is 1. The van der Waals surface area contributed by atoms with E-state index >= 15 is 0 Å². The Hall–Kier alpha value is -5.77. The third kappa shape index (κ3) is 5.91. The average Bonchev–Trinajstić information content (AvgIpc) is 3.61. The molecule has 7 rings (SSSR count). The van der Waals surface area contributed by atoms with Gasteiger partial charge in [0.25, 0.3) is 17.8 Å². The standard InChI is InChI=1S/C34H26BrF3N8O4/c1-18-15-45-27(16-44(18)31(48)19-6-8-24(35)23(12-19)34(36,37)38)29(46(33(45)49)21-7-9-28-26(13-21)43-32(39)50-28)30(47)41-14-20-4-2-3-5-22(20)25-10-11-40-17-42-25/h2-13,17-18H,14-16H2,1H3,(H2,39,43)(H,41,47)/t18-/m0/s1. The molecule has 0 fully saturated rings. The number of hydrogen-bond donors (Lipinski definition) is 2.